The number of carbonyl (C=O) groups is 1. The van der Waals surface area contributed by atoms with E-state index in [1.54, 1.807) is 0 Å². The number of aromatic amines is 1. The SMILES string of the molecule is O=C(Nc1cc(C(F)(F)F)ncn1)c1cnn(-c2cccc3c(=O)[nH]ccc23)c1C(F)(F)F. The van der Waals surface area contributed by atoms with E-state index in [-0.39, 0.29) is 16.5 Å². The maximum atomic E-state index is 13.9. The third-order valence-electron chi connectivity index (χ3n) is 4.50. The molecule has 0 aliphatic carbocycles. The first kappa shape index (κ1) is 22.0. The first-order valence-electron chi connectivity index (χ1n) is 8.93. The molecule has 0 bridgehead atoms. The number of nitrogens with zero attached hydrogens (tertiary/aromatic N) is 4. The first-order valence-corrected chi connectivity index (χ1v) is 8.93. The lowest BCUT2D eigenvalue weighted by atomic mass is 10.1. The molecule has 14 heteroatoms. The molecular weight excluding hydrogens is 458 g/mol. The molecule has 33 heavy (non-hydrogen) atoms. The summed E-state index contributed by atoms with van der Waals surface area (Å²) in [5.74, 6) is -2.04. The van der Waals surface area contributed by atoms with E-state index in [4.69, 9.17) is 0 Å². The van der Waals surface area contributed by atoms with Crippen molar-refractivity contribution in [3.63, 3.8) is 0 Å². The first-order chi connectivity index (χ1) is 15.5. The van der Waals surface area contributed by atoms with E-state index in [0.717, 1.165) is 0 Å². The van der Waals surface area contributed by atoms with Gasteiger partial charge in [-0.1, -0.05) is 6.07 Å². The van der Waals surface area contributed by atoms with Crippen molar-refractivity contribution >= 4 is 22.5 Å². The summed E-state index contributed by atoms with van der Waals surface area (Å²) in [7, 11) is 0. The van der Waals surface area contributed by atoms with E-state index in [1.807, 2.05) is 5.32 Å². The van der Waals surface area contributed by atoms with E-state index in [2.05, 4.69) is 20.1 Å². The highest BCUT2D eigenvalue weighted by Crippen LogP contribution is 2.35. The number of fused-ring (bicyclic) bond motifs is 1. The largest absolute Gasteiger partial charge is 0.434 e. The number of benzene rings is 1. The van der Waals surface area contributed by atoms with Gasteiger partial charge in [0.15, 0.2) is 5.69 Å². The Labute approximate surface area is 178 Å². The number of anilines is 1. The third-order valence-corrected chi connectivity index (χ3v) is 4.50. The van der Waals surface area contributed by atoms with Crippen LogP contribution in [0.2, 0.25) is 0 Å². The minimum atomic E-state index is -5.09. The Hall–Kier alpha value is -4.23. The second kappa shape index (κ2) is 7.72. The van der Waals surface area contributed by atoms with E-state index < -0.39 is 46.6 Å². The molecule has 3 heterocycles. The lowest BCUT2D eigenvalue weighted by molar-refractivity contribution is -0.143. The standard InChI is InChI=1S/C19H10F6N6O2/c20-18(21,22)13-6-14(28-8-27-13)30-17(33)11-7-29-31(15(11)19(23,24)25)12-3-1-2-10-9(12)4-5-26-16(10)32/h1-8H,(H,26,32)(H,27,28,30,33). The van der Waals surface area contributed by atoms with Gasteiger partial charge in [0.1, 0.15) is 17.8 Å². The second-order valence-electron chi connectivity index (χ2n) is 6.60. The molecule has 0 saturated carbocycles. The van der Waals surface area contributed by atoms with Gasteiger partial charge in [0.2, 0.25) is 0 Å². The molecule has 1 aromatic carbocycles. The van der Waals surface area contributed by atoms with Crippen LogP contribution >= 0.6 is 0 Å². The second-order valence-corrected chi connectivity index (χ2v) is 6.60. The molecule has 8 nitrogen and oxygen atoms in total. The fraction of sp³-hybridized carbons (Fsp3) is 0.105. The van der Waals surface area contributed by atoms with Crippen LogP contribution in [-0.2, 0) is 12.4 Å². The van der Waals surface area contributed by atoms with Gasteiger partial charge in [-0.2, -0.15) is 31.4 Å². The normalized spacial score (nSPS) is 12.2. The summed E-state index contributed by atoms with van der Waals surface area (Å²) in [6, 6.07) is 5.76. The Kier molecular flexibility index (Phi) is 5.14. The molecule has 1 amide bonds. The summed E-state index contributed by atoms with van der Waals surface area (Å²) in [4.78, 5) is 33.4. The number of alkyl halides is 6. The van der Waals surface area contributed by atoms with Crippen molar-refractivity contribution in [2.24, 2.45) is 0 Å². The average Bonchev–Trinajstić information content (AvgIpc) is 3.19. The quantitative estimate of drug-likeness (QED) is 0.445. The Morgan fingerprint density at radius 3 is 2.45 bits per heavy atom. The topological polar surface area (TPSA) is 106 Å². The fourth-order valence-corrected chi connectivity index (χ4v) is 3.12. The third kappa shape index (κ3) is 4.14. The summed E-state index contributed by atoms with van der Waals surface area (Å²) in [5.41, 5.74) is -4.52. The van der Waals surface area contributed by atoms with Gasteiger partial charge in [-0.25, -0.2) is 14.6 Å². The van der Waals surface area contributed by atoms with Gasteiger partial charge in [-0.15, -0.1) is 0 Å². The van der Waals surface area contributed by atoms with Crippen LogP contribution in [0.3, 0.4) is 0 Å². The molecule has 0 fully saturated rings. The molecule has 0 saturated heterocycles. The number of nitrogens with one attached hydrogen (secondary N) is 2. The number of carbonyl (C=O) groups excluding carboxylic acids is 1. The van der Waals surface area contributed by atoms with Crippen molar-refractivity contribution in [2.45, 2.75) is 12.4 Å². The number of hydrogen-bond acceptors (Lipinski definition) is 5. The zero-order valence-electron chi connectivity index (χ0n) is 16.0. The minimum absolute atomic E-state index is 0.0882. The number of hydrogen-bond donors (Lipinski definition) is 2. The van der Waals surface area contributed by atoms with Gasteiger partial charge in [0.25, 0.3) is 11.5 Å². The molecule has 0 aliphatic rings. The molecule has 0 spiro atoms. The summed E-state index contributed by atoms with van der Waals surface area (Å²) < 4.78 is 80.7. The molecule has 0 aliphatic heterocycles. The minimum Gasteiger partial charge on any atom is -0.329 e. The van der Waals surface area contributed by atoms with Crippen LogP contribution in [0.1, 0.15) is 21.7 Å². The van der Waals surface area contributed by atoms with Gasteiger partial charge in [0, 0.05) is 23.0 Å². The lowest BCUT2D eigenvalue weighted by Gasteiger charge is -2.14. The van der Waals surface area contributed by atoms with Crippen LogP contribution in [0.4, 0.5) is 32.2 Å². The van der Waals surface area contributed by atoms with E-state index in [0.29, 0.717) is 23.3 Å². The number of amides is 1. The van der Waals surface area contributed by atoms with Crippen molar-refractivity contribution in [3.8, 4) is 5.69 Å². The predicted molar refractivity (Wildman–Crippen MR) is 102 cm³/mol. The van der Waals surface area contributed by atoms with Crippen molar-refractivity contribution in [1.82, 2.24) is 24.7 Å². The average molecular weight is 468 g/mol. The highest BCUT2D eigenvalue weighted by molar-refractivity contribution is 6.04. The molecule has 0 radical (unpaired) electrons. The molecule has 4 aromatic rings. The Balaban J connectivity index is 1.81. The van der Waals surface area contributed by atoms with Crippen molar-refractivity contribution < 1.29 is 31.1 Å². The van der Waals surface area contributed by atoms with Gasteiger partial charge < -0.3 is 10.3 Å². The molecule has 0 atom stereocenters. The molecule has 4 rings (SSSR count). The van der Waals surface area contributed by atoms with Crippen LogP contribution in [0.15, 0.2) is 53.8 Å². The maximum absolute atomic E-state index is 13.9. The smallest absolute Gasteiger partial charge is 0.329 e. The number of pyridine rings is 1. The maximum Gasteiger partial charge on any atom is 0.434 e. The highest BCUT2D eigenvalue weighted by atomic mass is 19.4. The summed E-state index contributed by atoms with van der Waals surface area (Å²) in [6.45, 7) is 0. The van der Waals surface area contributed by atoms with Gasteiger partial charge in [0.05, 0.1) is 17.4 Å². The Bertz CT molecular complexity index is 1420. The van der Waals surface area contributed by atoms with Crippen LogP contribution in [0.25, 0.3) is 16.5 Å². The molecular formula is C19H10F6N6O2. The van der Waals surface area contributed by atoms with Crippen LogP contribution in [-0.4, -0.2) is 30.6 Å². The lowest BCUT2D eigenvalue weighted by Crippen LogP contribution is -2.21. The van der Waals surface area contributed by atoms with Gasteiger partial charge >= 0.3 is 12.4 Å². The van der Waals surface area contributed by atoms with E-state index in [1.165, 1.54) is 30.5 Å². The number of halogens is 6. The van der Waals surface area contributed by atoms with Crippen LogP contribution in [0, 0.1) is 0 Å². The molecule has 3 aromatic heterocycles. The van der Waals surface area contributed by atoms with Gasteiger partial charge in [-0.3, -0.25) is 9.59 Å². The summed E-state index contributed by atoms with van der Waals surface area (Å²) in [6.07, 6.45) is -7.56. The monoisotopic (exact) mass is 468 g/mol. The number of aromatic nitrogens is 5. The highest BCUT2D eigenvalue weighted by Gasteiger charge is 2.41. The van der Waals surface area contributed by atoms with Gasteiger partial charge in [-0.05, 0) is 18.2 Å². The van der Waals surface area contributed by atoms with Crippen LogP contribution < -0.4 is 10.9 Å². The number of H-pyrrole nitrogens is 1. The zero-order chi connectivity index (χ0) is 24.0. The summed E-state index contributed by atoms with van der Waals surface area (Å²) in [5, 5.41) is 5.78. The Morgan fingerprint density at radius 2 is 1.76 bits per heavy atom. The fourth-order valence-electron chi connectivity index (χ4n) is 3.12. The summed E-state index contributed by atoms with van der Waals surface area (Å²) >= 11 is 0. The zero-order valence-corrected chi connectivity index (χ0v) is 16.0. The van der Waals surface area contributed by atoms with E-state index >= 15 is 0 Å². The molecule has 2 N–H and O–H groups in total. The van der Waals surface area contributed by atoms with Crippen molar-refractivity contribution in [3.05, 3.63) is 76.4 Å². The Morgan fingerprint density at radius 1 is 1.00 bits per heavy atom. The molecule has 0 unspecified atom stereocenters. The van der Waals surface area contributed by atoms with Crippen molar-refractivity contribution in [1.29, 1.82) is 0 Å². The molecule has 170 valence electrons. The number of rotatable bonds is 3. The van der Waals surface area contributed by atoms with E-state index in [9.17, 15) is 35.9 Å². The van der Waals surface area contributed by atoms with Crippen LogP contribution in [0.5, 0.6) is 0 Å². The predicted octanol–water partition coefficient (Wildman–Crippen LogP) is 3.79. The van der Waals surface area contributed by atoms with Crippen molar-refractivity contribution in [2.75, 3.05) is 5.32 Å².